The zero-order chi connectivity index (χ0) is 23.1. The van der Waals surface area contributed by atoms with Crippen molar-refractivity contribution in [2.45, 2.75) is 6.92 Å². The van der Waals surface area contributed by atoms with Crippen molar-refractivity contribution in [2.24, 2.45) is 5.10 Å². The Kier molecular flexibility index (Phi) is 7.62. The van der Waals surface area contributed by atoms with Crippen LogP contribution in [0.3, 0.4) is 0 Å². The summed E-state index contributed by atoms with van der Waals surface area (Å²) in [6.45, 7) is 1.88. The van der Waals surface area contributed by atoms with Gasteiger partial charge in [-0.25, -0.2) is 5.43 Å². The number of carbonyl (C=O) groups excluding carboxylic acids is 2. The first-order valence-electron chi connectivity index (χ1n) is 9.65. The summed E-state index contributed by atoms with van der Waals surface area (Å²) in [5, 5.41) is 6.84. The number of anilines is 1. The molecule has 0 aliphatic heterocycles. The molecule has 3 rings (SSSR count). The Morgan fingerprint density at radius 1 is 0.938 bits per heavy atom. The van der Waals surface area contributed by atoms with Gasteiger partial charge in [-0.15, -0.1) is 0 Å². The Labute approximate surface area is 194 Å². The minimum atomic E-state index is -0.385. The molecule has 0 aliphatic rings. The average molecular weight is 496 g/mol. The zero-order valence-electron chi connectivity index (χ0n) is 17.8. The first-order chi connectivity index (χ1) is 15.4. The first-order valence-corrected chi connectivity index (χ1v) is 10.4. The summed E-state index contributed by atoms with van der Waals surface area (Å²) in [4.78, 5) is 24.8. The Balaban J connectivity index is 1.63. The summed E-state index contributed by atoms with van der Waals surface area (Å²) < 4.78 is 11.3. The number of hydrazone groups is 1. The van der Waals surface area contributed by atoms with Crippen molar-refractivity contribution in [3.05, 3.63) is 87.4 Å². The zero-order valence-corrected chi connectivity index (χ0v) is 19.4. The van der Waals surface area contributed by atoms with Crippen LogP contribution in [0.4, 0.5) is 5.69 Å². The number of ether oxygens (including phenoxy) is 2. The van der Waals surface area contributed by atoms with Gasteiger partial charge in [0.05, 0.1) is 24.9 Å². The second kappa shape index (κ2) is 10.6. The number of hydrogen-bond donors (Lipinski definition) is 2. The van der Waals surface area contributed by atoms with Crippen molar-refractivity contribution in [1.29, 1.82) is 0 Å². The number of nitrogens with one attached hydrogen (secondary N) is 2. The van der Waals surface area contributed by atoms with Crippen LogP contribution in [-0.2, 0) is 0 Å². The number of methoxy groups -OCH3 is 2. The molecular weight excluding hydrogens is 474 g/mol. The molecule has 3 aromatic carbocycles. The van der Waals surface area contributed by atoms with Gasteiger partial charge in [-0.1, -0.05) is 18.2 Å². The quantitative estimate of drug-likeness (QED) is 0.364. The summed E-state index contributed by atoms with van der Waals surface area (Å²) in [7, 11) is 3.10. The van der Waals surface area contributed by atoms with E-state index in [0.717, 1.165) is 10.0 Å². The molecule has 2 amide bonds. The normalized spacial score (nSPS) is 10.6. The fourth-order valence-electron chi connectivity index (χ4n) is 2.94. The molecular formula is C24H22BrN3O4. The van der Waals surface area contributed by atoms with Gasteiger partial charge in [0.1, 0.15) is 11.5 Å². The Morgan fingerprint density at radius 2 is 1.62 bits per heavy atom. The lowest BCUT2D eigenvalue weighted by Crippen LogP contribution is -2.18. The van der Waals surface area contributed by atoms with Gasteiger partial charge < -0.3 is 14.8 Å². The lowest BCUT2D eigenvalue weighted by atomic mass is 10.1. The summed E-state index contributed by atoms with van der Waals surface area (Å²) in [5.41, 5.74) is 5.62. The SMILES string of the molecule is COc1cc(OC)c(/C=N\NC(=O)c2ccc(NC(=O)c3ccccc3C)cc2)cc1Br. The van der Waals surface area contributed by atoms with E-state index in [0.29, 0.717) is 33.9 Å². The molecule has 3 aromatic rings. The van der Waals surface area contributed by atoms with E-state index in [-0.39, 0.29) is 11.8 Å². The van der Waals surface area contributed by atoms with Gasteiger partial charge >= 0.3 is 0 Å². The smallest absolute Gasteiger partial charge is 0.271 e. The minimum absolute atomic E-state index is 0.204. The van der Waals surface area contributed by atoms with Gasteiger partial charge in [0.25, 0.3) is 11.8 Å². The number of carbonyl (C=O) groups is 2. The van der Waals surface area contributed by atoms with Gasteiger partial charge in [0, 0.05) is 28.4 Å². The fourth-order valence-corrected chi connectivity index (χ4v) is 3.46. The second-order valence-corrected chi connectivity index (χ2v) is 7.63. The average Bonchev–Trinajstić information content (AvgIpc) is 2.80. The van der Waals surface area contributed by atoms with Crippen LogP contribution in [0.25, 0.3) is 0 Å². The molecule has 0 aromatic heterocycles. The molecule has 0 atom stereocenters. The monoisotopic (exact) mass is 495 g/mol. The van der Waals surface area contributed by atoms with Gasteiger partial charge in [0.15, 0.2) is 0 Å². The second-order valence-electron chi connectivity index (χ2n) is 6.77. The molecule has 0 unspecified atom stereocenters. The summed E-state index contributed by atoms with van der Waals surface area (Å²) in [5.74, 6) is 0.587. The Morgan fingerprint density at radius 3 is 2.28 bits per heavy atom. The first kappa shape index (κ1) is 23.0. The maximum atomic E-state index is 12.4. The number of benzene rings is 3. The molecule has 164 valence electrons. The third-order valence-electron chi connectivity index (χ3n) is 4.67. The van der Waals surface area contributed by atoms with E-state index in [1.54, 1.807) is 49.6 Å². The van der Waals surface area contributed by atoms with Gasteiger partial charge in [-0.3, -0.25) is 9.59 Å². The highest BCUT2D eigenvalue weighted by atomic mass is 79.9. The molecule has 2 N–H and O–H groups in total. The van der Waals surface area contributed by atoms with E-state index < -0.39 is 0 Å². The highest BCUT2D eigenvalue weighted by Crippen LogP contribution is 2.31. The molecule has 0 heterocycles. The minimum Gasteiger partial charge on any atom is -0.496 e. The molecule has 32 heavy (non-hydrogen) atoms. The van der Waals surface area contributed by atoms with Crippen LogP contribution in [-0.4, -0.2) is 32.2 Å². The maximum Gasteiger partial charge on any atom is 0.271 e. The fraction of sp³-hybridized carbons (Fsp3) is 0.125. The predicted molar refractivity (Wildman–Crippen MR) is 128 cm³/mol. The van der Waals surface area contributed by atoms with Crippen LogP contribution in [0.5, 0.6) is 11.5 Å². The number of rotatable bonds is 7. The molecule has 0 radical (unpaired) electrons. The number of hydrogen-bond acceptors (Lipinski definition) is 5. The van der Waals surface area contributed by atoms with Crippen LogP contribution in [0.15, 0.2) is 70.2 Å². The molecule has 0 aliphatic carbocycles. The Hall–Kier alpha value is -3.65. The molecule has 0 bridgehead atoms. The lowest BCUT2D eigenvalue weighted by Gasteiger charge is -2.09. The predicted octanol–water partition coefficient (Wildman–Crippen LogP) is 4.79. The van der Waals surface area contributed by atoms with E-state index in [9.17, 15) is 9.59 Å². The number of halogens is 1. The van der Waals surface area contributed by atoms with Gasteiger partial charge in [0.2, 0.25) is 0 Å². The lowest BCUT2D eigenvalue weighted by molar-refractivity contribution is 0.0954. The number of aryl methyl sites for hydroxylation is 1. The largest absolute Gasteiger partial charge is 0.496 e. The summed E-state index contributed by atoms with van der Waals surface area (Å²) in [6, 6.07) is 17.4. The van der Waals surface area contributed by atoms with E-state index in [4.69, 9.17) is 9.47 Å². The molecule has 8 heteroatoms. The highest BCUT2D eigenvalue weighted by Gasteiger charge is 2.11. The maximum absolute atomic E-state index is 12.4. The van der Waals surface area contributed by atoms with E-state index in [1.165, 1.54) is 13.3 Å². The van der Waals surface area contributed by atoms with Crippen LogP contribution in [0, 0.1) is 6.92 Å². The highest BCUT2D eigenvalue weighted by molar-refractivity contribution is 9.10. The van der Waals surface area contributed by atoms with Crippen LogP contribution < -0.4 is 20.2 Å². The van der Waals surface area contributed by atoms with Gasteiger partial charge in [-0.2, -0.15) is 5.10 Å². The van der Waals surface area contributed by atoms with Crippen LogP contribution >= 0.6 is 15.9 Å². The summed E-state index contributed by atoms with van der Waals surface area (Å²) in [6.07, 6.45) is 1.48. The molecule has 0 saturated heterocycles. The topological polar surface area (TPSA) is 89.0 Å². The van der Waals surface area contributed by atoms with Crippen LogP contribution in [0.1, 0.15) is 31.8 Å². The van der Waals surface area contributed by atoms with Crippen molar-refractivity contribution in [3.8, 4) is 11.5 Å². The standard InChI is InChI=1S/C24H22BrN3O4/c1-15-6-4-5-7-19(15)24(30)27-18-10-8-16(9-11-18)23(29)28-26-14-17-12-20(25)22(32-3)13-21(17)31-2/h4-14H,1-3H3,(H,27,30)(H,28,29)/b26-14-. The van der Waals surface area contributed by atoms with E-state index >= 15 is 0 Å². The molecule has 7 nitrogen and oxygen atoms in total. The van der Waals surface area contributed by atoms with Crippen LogP contribution in [0.2, 0.25) is 0 Å². The summed E-state index contributed by atoms with van der Waals surface area (Å²) >= 11 is 3.41. The van der Waals surface area contributed by atoms with Crippen molar-refractivity contribution < 1.29 is 19.1 Å². The van der Waals surface area contributed by atoms with Crippen molar-refractivity contribution in [1.82, 2.24) is 5.43 Å². The van der Waals surface area contributed by atoms with Crippen molar-refractivity contribution in [2.75, 3.05) is 19.5 Å². The molecule has 0 saturated carbocycles. The van der Waals surface area contributed by atoms with Gasteiger partial charge in [-0.05, 0) is 64.8 Å². The number of amides is 2. The third-order valence-corrected chi connectivity index (χ3v) is 5.29. The molecule has 0 spiro atoms. The number of nitrogens with zero attached hydrogens (tertiary/aromatic N) is 1. The van der Waals surface area contributed by atoms with E-state index in [2.05, 4.69) is 31.8 Å². The van der Waals surface area contributed by atoms with Crippen molar-refractivity contribution in [3.63, 3.8) is 0 Å². The van der Waals surface area contributed by atoms with E-state index in [1.807, 2.05) is 25.1 Å². The molecule has 0 fully saturated rings. The van der Waals surface area contributed by atoms with Crippen molar-refractivity contribution >= 4 is 39.6 Å². The Bertz CT molecular complexity index is 1160. The third kappa shape index (κ3) is 5.53.